The van der Waals surface area contributed by atoms with Gasteiger partial charge in [0.25, 0.3) is 11.6 Å². The molecule has 1 aromatic carbocycles. The maximum absolute atomic E-state index is 13.7. The maximum Gasteiger partial charge on any atom is 0.410 e. The van der Waals surface area contributed by atoms with Crippen LogP contribution in [-0.2, 0) is 4.74 Å². The zero-order valence-corrected chi connectivity index (χ0v) is 18.5. The van der Waals surface area contributed by atoms with E-state index in [0.29, 0.717) is 32.2 Å². The molecule has 2 amide bonds. The van der Waals surface area contributed by atoms with Crippen molar-refractivity contribution in [2.75, 3.05) is 42.1 Å². The number of pyridine rings is 1. The van der Waals surface area contributed by atoms with Gasteiger partial charge >= 0.3 is 6.09 Å². The summed E-state index contributed by atoms with van der Waals surface area (Å²) in [7, 11) is 0. The summed E-state index contributed by atoms with van der Waals surface area (Å²) in [6.07, 6.45) is 1.20. The number of ether oxygens (including phenoxy) is 1. The predicted octanol–water partition coefficient (Wildman–Crippen LogP) is 3.02. The number of benzene rings is 1. The fourth-order valence-electron chi connectivity index (χ4n) is 3.25. The van der Waals surface area contributed by atoms with Crippen LogP contribution in [0, 0.1) is 15.9 Å². The van der Waals surface area contributed by atoms with E-state index in [1.807, 2.05) is 25.7 Å². The number of halogens is 1. The highest BCUT2D eigenvalue weighted by atomic mass is 19.1. The predicted molar refractivity (Wildman–Crippen MR) is 120 cm³/mol. The number of piperazine rings is 1. The number of amides is 2. The van der Waals surface area contributed by atoms with E-state index in [4.69, 9.17) is 10.5 Å². The third-order valence-corrected chi connectivity index (χ3v) is 4.85. The molecule has 2 heterocycles. The number of anilines is 3. The number of hydrogen-bond donors (Lipinski definition) is 2. The van der Waals surface area contributed by atoms with Crippen LogP contribution in [0.25, 0.3) is 0 Å². The molecule has 1 saturated heterocycles. The second kappa shape index (κ2) is 9.27. The molecule has 0 spiro atoms. The molecule has 1 aliphatic rings. The molecule has 3 rings (SSSR count). The molecule has 0 atom stereocenters. The van der Waals surface area contributed by atoms with Gasteiger partial charge in [-0.3, -0.25) is 14.9 Å². The molecule has 176 valence electrons. The number of nitrogens with one attached hydrogen (secondary N) is 1. The third kappa shape index (κ3) is 5.84. The standard InChI is InChI=1S/C21H25FN6O5/c1-21(2,3)33-20(30)27-8-6-26(7-9-27)14-4-5-17(24-12-14)25-19(29)15-10-13(22)11-16(18(15)23)28(31)32/h4-5,10-12H,6-9,23H2,1-3H3,(H,24,25,29). The molecule has 3 N–H and O–H groups in total. The van der Waals surface area contributed by atoms with Crippen LogP contribution in [0.4, 0.5) is 32.1 Å². The Hall–Kier alpha value is -3.96. The van der Waals surface area contributed by atoms with Gasteiger partial charge < -0.3 is 25.6 Å². The summed E-state index contributed by atoms with van der Waals surface area (Å²) in [5.41, 5.74) is 4.42. The zero-order chi connectivity index (χ0) is 24.3. The fourth-order valence-corrected chi connectivity index (χ4v) is 3.25. The Balaban J connectivity index is 1.62. The largest absolute Gasteiger partial charge is 0.444 e. The summed E-state index contributed by atoms with van der Waals surface area (Å²) in [4.78, 5) is 42.7. The molecular formula is C21H25FN6O5. The second-order valence-corrected chi connectivity index (χ2v) is 8.45. The summed E-state index contributed by atoms with van der Waals surface area (Å²) in [6.45, 7) is 7.59. The Morgan fingerprint density at radius 1 is 1.21 bits per heavy atom. The Kier molecular flexibility index (Phi) is 6.65. The van der Waals surface area contributed by atoms with E-state index in [0.717, 1.165) is 11.8 Å². The van der Waals surface area contributed by atoms with Gasteiger partial charge in [0, 0.05) is 26.2 Å². The van der Waals surface area contributed by atoms with E-state index in [-0.39, 0.29) is 17.5 Å². The first-order valence-electron chi connectivity index (χ1n) is 10.2. The summed E-state index contributed by atoms with van der Waals surface area (Å²) < 4.78 is 19.1. The van der Waals surface area contributed by atoms with Crippen LogP contribution in [0.15, 0.2) is 30.5 Å². The van der Waals surface area contributed by atoms with E-state index in [1.54, 1.807) is 23.2 Å². The number of hydrogen-bond acceptors (Lipinski definition) is 8. The molecule has 0 saturated carbocycles. The minimum Gasteiger partial charge on any atom is -0.444 e. The van der Waals surface area contributed by atoms with Crippen molar-refractivity contribution in [2.45, 2.75) is 26.4 Å². The van der Waals surface area contributed by atoms with Gasteiger partial charge in [0.1, 0.15) is 22.9 Å². The number of nitrogens with two attached hydrogens (primary N) is 1. The van der Waals surface area contributed by atoms with Gasteiger partial charge in [0.2, 0.25) is 0 Å². The lowest BCUT2D eigenvalue weighted by Gasteiger charge is -2.36. The van der Waals surface area contributed by atoms with E-state index < -0.39 is 33.6 Å². The molecule has 2 aromatic rings. The highest BCUT2D eigenvalue weighted by molar-refractivity contribution is 6.08. The van der Waals surface area contributed by atoms with Gasteiger partial charge in [0.05, 0.1) is 28.4 Å². The number of nitrogens with zero attached hydrogens (tertiary/aromatic N) is 4. The molecular weight excluding hydrogens is 435 g/mol. The van der Waals surface area contributed by atoms with Crippen LogP contribution >= 0.6 is 0 Å². The Bertz CT molecular complexity index is 1060. The minimum atomic E-state index is -0.949. The topological polar surface area (TPSA) is 144 Å². The summed E-state index contributed by atoms with van der Waals surface area (Å²) >= 11 is 0. The van der Waals surface area contributed by atoms with Crippen LogP contribution in [0.3, 0.4) is 0 Å². The van der Waals surface area contributed by atoms with Crippen LogP contribution in [0.1, 0.15) is 31.1 Å². The molecule has 1 aliphatic heterocycles. The van der Waals surface area contributed by atoms with Gasteiger partial charge in [-0.25, -0.2) is 14.2 Å². The summed E-state index contributed by atoms with van der Waals surface area (Å²) in [6, 6.07) is 4.78. The first-order valence-corrected chi connectivity index (χ1v) is 10.2. The molecule has 12 heteroatoms. The first kappa shape index (κ1) is 23.7. The number of nitro groups is 1. The van der Waals surface area contributed by atoms with Gasteiger partial charge in [0.15, 0.2) is 0 Å². The highest BCUT2D eigenvalue weighted by Gasteiger charge is 2.26. The van der Waals surface area contributed by atoms with Crippen molar-refractivity contribution in [3.05, 3.63) is 52.0 Å². The Morgan fingerprint density at radius 3 is 2.42 bits per heavy atom. The van der Waals surface area contributed by atoms with Crippen molar-refractivity contribution in [1.29, 1.82) is 0 Å². The average molecular weight is 460 g/mol. The number of nitro benzene ring substituents is 1. The number of nitrogen functional groups attached to an aromatic ring is 1. The lowest BCUT2D eigenvalue weighted by Crippen LogP contribution is -2.50. The van der Waals surface area contributed by atoms with Crippen LogP contribution in [0.5, 0.6) is 0 Å². The van der Waals surface area contributed by atoms with E-state index in [9.17, 15) is 24.1 Å². The summed E-state index contributed by atoms with van der Waals surface area (Å²) in [5.74, 6) is -1.60. The number of aromatic nitrogens is 1. The van der Waals surface area contributed by atoms with E-state index in [1.165, 1.54) is 0 Å². The second-order valence-electron chi connectivity index (χ2n) is 8.45. The molecule has 0 bridgehead atoms. The molecule has 0 unspecified atom stereocenters. The number of rotatable bonds is 4. The minimum absolute atomic E-state index is 0.169. The smallest absolute Gasteiger partial charge is 0.410 e. The van der Waals surface area contributed by atoms with Crippen molar-refractivity contribution in [3.8, 4) is 0 Å². The SMILES string of the molecule is CC(C)(C)OC(=O)N1CCN(c2ccc(NC(=O)c3cc(F)cc([N+](=O)[O-])c3N)nc2)CC1. The number of carbonyl (C=O) groups is 2. The molecule has 0 aliphatic carbocycles. The van der Waals surface area contributed by atoms with Crippen molar-refractivity contribution < 1.29 is 23.6 Å². The average Bonchev–Trinajstić information content (AvgIpc) is 2.74. The third-order valence-electron chi connectivity index (χ3n) is 4.85. The highest BCUT2D eigenvalue weighted by Crippen LogP contribution is 2.27. The normalized spacial score (nSPS) is 14.1. The Morgan fingerprint density at radius 2 is 1.88 bits per heavy atom. The molecule has 33 heavy (non-hydrogen) atoms. The van der Waals surface area contributed by atoms with Gasteiger partial charge in [-0.05, 0) is 39.0 Å². The van der Waals surface area contributed by atoms with E-state index >= 15 is 0 Å². The summed E-state index contributed by atoms with van der Waals surface area (Å²) in [5, 5.41) is 13.5. The lowest BCUT2D eigenvalue weighted by atomic mass is 10.1. The van der Waals surface area contributed by atoms with Crippen LogP contribution < -0.4 is 16.0 Å². The Labute approximate surface area is 189 Å². The van der Waals surface area contributed by atoms with E-state index in [2.05, 4.69) is 10.3 Å². The van der Waals surface area contributed by atoms with Crippen molar-refractivity contribution in [2.24, 2.45) is 0 Å². The van der Waals surface area contributed by atoms with Crippen LogP contribution in [0.2, 0.25) is 0 Å². The zero-order valence-electron chi connectivity index (χ0n) is 18.5. The number of carbonyl (C=O) groups excluding carboxylic acids is 2. The van der Waals surface area contributed by atoms with Gasteiger partial charge in [-0.1, -0.05) is 0 Å². The first-order chi connectivity index (χ1) is 15.4. The monoisotopic (exact) mass is 460 g/mol. The quantitative estimate of drug-likeness (QED) is 0.402. The van der Waals surface area contributed by atoms with Crippen molar-refractivity contribution in [3.63, 3.8) is 0 Å². The van der Waals surface area contributed by atoms with Crippen molar-refractivity contribution in [1.82, 2.24) is 9.88 Å². The van der Waals surface area contributed by atoms with Gasteiger partial charge in [-0.2, -0.15) is 0 Å². The van der Waals surface area contributed by atoms with Crippen molar-refractivity contribution >= 4 is 34.9 Å². The van der Waals surface area contributed by atoms with Crippen LogP contribution in [-0.4, -0.2) is 58.6 Å². The molecule has 0 radical (unpaired) electrons. The molecule has 11 nitrogen and oxygen atoms in total. The molecule has 1 aromatic heterocycles. The van der Waals surface area contributed by atoms with Gasteiger partial charge in [-0.15, -0.1) is 0 Å². The fraction of sp³-hybridized carbons (Fsp3) is 0.381. The maximum atomic E-state index is 13.7. The lowest BCUT2D eigenvalue weighted by molar-refractivity contribution is -0.384. The molecule has 1 fully saturated rings.